The number of nitrogens with one attached hydrogen (secondary N) is 1. The van der Waals surface area contributed by atoms with Crippen molar-refractivity contribution in [3.63, 3.8) is 0 Å². The quantitative estimate of drug-likeness (QED) is 0.819. The lowest BCUT2D eigenvalue weighted by atomic mass is 10.3. The fraction of sp³-hybridized carbons (Fsp3) is 0.100. The number of nitrogens with zero attached hydrogens (tertiary/aromatic N) is 1. The number of primary amides is 1. The molecule has 0 radical (unpaired) electrons. The standard InChI is InChI=1S/C10H11N3OS/c11-10(14)8-5-9(15-7-8)6-12-13-3-1-2-4-13/h1-5,7,12H,6H2,(H2,11,14). The van der Waals surface area contributed by atoms with Crippen LogP contribution in [0.2, 0.25) is 0 Å². The minimum Gasteiger partial charge on any atom is -0.366 e. The number of thiophene rings is 1. The summed E-state index contributed by atoms with van der Waals surface area (Å²) < 4.78 is 1.86. The smallest absolute Gasteiger partial charge is 0.249 e. The second-order valence-electron chi connectivity index (χ2n) is 3.09. The summed E-state index contributed by atoms with van der Waals surface area (Å²) >= 11 is 1.52. The molecule has 0 aliphatic heterocycles. The lowest BCUT2D eigenvalue weighted by Gasteiger charge is -2.04. The van der Waals surface area contributed by atoms with Crippen LogP contribution in [-0.2, 0) is 6.54 Å². The van der Waals surface area contributed by atoms with Crippen LogP contribution < -0.4 is 11.2 Å². The molecule has 2 aromatic heterocycles. The van der Waals surface area contributed by atoms with Gasteiger partial charge in [0, 0.05) is 22.7 Å². The van der Waals surface area contributed by atoms with E-state index in [0.717, 1.165) is 4.88 Å². The van der Waals surface area contributed by atoms with Crippen LogP contribution in [0.25, 0.3) is 0 Å². The summed E-state index contributed by atoms with van der Waals surface area (Å²) in [4.78, 5) is 11.9. The fourth-order valence-electron chi connectivity index (χ4n) is 1.21. The molecule has 0 fully saturated rings. The van der Waals surface area contributed by atoms with Crippen molar-refractivity contribution in [2.45, 2.75) is 6.54 Å². The first-order valence-corrected chi connectivity index (χ1v) is 5.38. The number of carbonyl (C=O) groups excluding carboxylic acids is 1. The summed E-state index contributed by atoms with van der Waals surface area (Å²) in [6, 6.07) is 5.69. The molecule has 0 unspecified atom stereocenters. The topological polar surface area (TPSA) is 60.1 Å². The van der Waals surface area contributed by atoms with Crippen LogP contribution in [0.15, 0.2) is 36.0 Å². The average molecular weight is 221 g/mol. The van der Waals surface area contributed by atoms with Crippen molar-refractivity contribution in [3.05, 3.63) is 46.4 Å². The van der Waals surface area contributed by atoms with Gasteiger partial charge in [-0.05, 0) is 18.2 Å². The van der Waals surface area contributed by atoms with E-state index in [0.29, 0.717) is 12.1 Å². The van der Waals surface area contributed by atoms with E-state index in [1.54, 1.807) is 5.38 Å². The Kier molecular flexibility index (Phi) is 2.73. The Hall–Kier alpha value is -1.75. The molecule has 0 saturated heterocycles. The highest BCUT2D eigenvalue weighted by molar-refractivity contribution is 7.10. The van der Waals surface area contributed by atoms with Crippen LogP contribution in [-0.4, -0.2) is 10.6 Å². The number of rotatable bonds is 4. The Balaban J connectivity index is 1.96. The first-order valence-electron chi connectivity index (χ1n) is 4.50. The third kappa shape index (κ3) is 2.38. The predicted octanol–water partition coefficient (Wildman–Crippen LogP) is 1.39. The van der Waals surface area contributed by atoms with E-state index >= 15 is 0 Å². The van der Waals surface area contributed by atoms with Crippen LogP contribution in [0.4, 0.5) is 0 Å². The van der Waals surface area contributed by atoms with Gasteiger partial charge in [0.05, 0.1) is 12.1 Å². The maximum atomic E-state index is 10.9. The highest BCUT2D eigenvalue weighted by Gasteiger charge is 2.03. The molecule has 15 heavy (non-hydrogen) atoms. The second kappa shape index (κ2) is 4.18. The second-order valence-corrected chi connectivity index (χ2v) is 4.09. The molecule has 78 valence electrons. The molecule has 2 heterocycles. The van der Waals surface area contributed by atoms with Crippen LogP contribution in [0.1, 0.15) is 15.2 Å². The van der Waals surface area contributed by atoms with Gasteiger partial charge in [-0.1, -0.05) is 0 Å². The minimum atomic E-state index is -0.376. The minimum absolute atomic E-state index is 0.376. The highest BCUT2D eigenvalue weighted by Crippen LogP contribution is 2.14. The van der Waals surface area contributed by atoms with E-state index in [9.17, 15) is 4.79 Å². The Labute approximate surface area is 91.3 Å². The zero-order chi connectivity index (χ0) is 10.7. The van der Waals surface area contributed by atoms with Gasteiger partial charge in [-0.25, -0.2) is 0 Å². The van der Waals surface area contributed by atoms with Crippen LogP contribution in [0.3, 0.4) is 0 Å². The van der Waals surface area contributed by atoms with Crippen molar-refractivity contribution in [1.82, 2.24) is 4.68 Å². The van der Waals surface area contributed by atoms with Crippen molar-refractivity contribution >= 4 is 17.2 Å². The van der Waals surface area contributed by atoms with Crippen molar-refractivity contribution < 1.29 is 4.79 Å². The molecule has 0 aromatic carbocycles. The molecule has 0 aliphatic rings. The van der Waals surface area contributed by atoms with Gasteiger partial charge in [0.15, 0.2) is 0 Å². The normalized spacial score (nSPS) is 10.1. The molecule has 0 aliphatic carbocycles. The zero-order valence-corrected chi connectivity index (χ0v) is 8.83. The highest BCUT2D eigenvalue weighted by atomic mass is 32.1. The van der Waals surface area contributed by atoms with Gasteiger partial charge in [0.25, 0.3) is 0 Å². The van der Waals surface area contributed by atoms with Crippen LogP contribution in [0, 0.1) is 0 Å². The zero-order valence-electron chi connectivity index (χ0n) is 8.01. The molecule has 3 N–H and O–H groups in total. The fourth-order valence-corrected chi connectivity index (χ4v) is 2.02. The Morgan fingerprint density at radius 2 is 2.20 bits per heavy atom. The maximum absolute atomic E-state index is 10.9. The van der Waals surface area contributed by atoms with E-state index in [1.165, 1.54) is 11.3 Å². The number of hydrogen-bond acceptors (Lipinski definition) is 3. The van der Waals surface area contributed by atoms with Crippen LogP contribution in [0.5, 0.6) is 0 Å². The molecule has 0 bridgehead atoms. The Morgan fingerprint density at radius 3 is 2.80 bits per heavy atom. The predicted molar refractivity (Wildman–Crippen MR) is 60.3 cm³/mol. The molecule has 2 aromatic rings. The molecule has 1 amide bonds. The summed E-state index contributed by atoms with van der Waals surface area (Å²) in [6.45, 7) is 0.687. The number of nitrogens with two attached hydrogens (primary N) is 1. The van der Waals surface area contributed by atoms with E-state index in [2.05, 4.69) is 5.43 Å². The lowest BCUT2D eigenvalue weighted by molar-refractivity contribution is 0.100. The first-order chi connectivity index (χ1) is 7.25. The van der Waals surface area contributed by atoms with Crippen molar-refractivity contribution in [2.75, 3.05) is 5.43 Å². The van der Waals surface area contributed by atoms with E-state index in [-0.39, 0.29) is 5.91 Å². The third-order valence-electron chi connectivity index (χ3n) is 1.98. The molecular formula is C10H11N3OS. The van der Waals surface area contributed by atoms with Gasteiger partial charge >= 0.3 is 0 Å². The van der Waals surface area contributed by atoms with Gasteiger partial charge < -0.3 is 11.2 Å². The molecular weight excluding hydrogens is 210 g/mol. The summed E-state index contributed by atoms with van der Waals surface area (Å²) in [6.07, 6.45) is 3.84. The number of aromatic nitrogens is 1. The Bertz CT molecular complexity index is 447. The molecule has 2 rings (SSSR count). The first kappa shape index (κ1) is 9.79. The van der Waals surface area contributed by atoms with Gasteiger partial charge in [-0.15, -0.1) is 11.3 Å². The summed E-state index contributed by atoms with van der Waals surface area (Å²) in [7, 11) is 0. The Morgan fingerprint density at radius 1 is 1.47 bits per heavy atom. The van der Waals surface area contributed by atoms with Crippen molar-refractivity contribution in [3.8, 4) is 0 Å². The van der Waals surface area contributed by atoms with Gasteiger partial charge in [0.1, 0.15) is 0 Å². The SMILES string of the molecule is NC(=O)c1csc(CNn2cccc2)c1. The number of carbonyl (C=O) groups is 1. The summed E-state index contributed by atoms with van der Waals surface area (Å²) in [5.41, 5.74) is 8.90. The summed E-state index contributed by atoms with van der Waals surface area (Å²) in [5, 5.41) is 1.77. The third-order valence-corrected chi connectivity index (χ3v) is 2.92. The molecule has 0 spiro atoms. The maximum Gasteiger partial charge on any atom is 0.249 e. The number of amides is 1. The van der Waals surface area contributed by atoms with Gasteiger partial charge in [0.2, 0.25) is 5.91 Å². The average Bonchev–Trinajstić information content (AvgIpc) is 2.86. The van der Waals surface area contributed by atoms with Gasteiger partial charge in [-0.3, -0.25) is 9.47 Å². The largest absolute Gasteiger partial charge is 0.366 e. The van der Waals surface area contributed by atoms with Crippen LogP contribution >= 0.6 is 11.3 Å². The van der Waals surface area contributed by atoms with Gasteiger partial charge in [-0.2, -0.15) is 0 Å². The lowest BCUT2D eigenvalue weighted by Crippen LogP contribution is -2.11. The summed E-state index contributed by atoms with van der Waals surface area (Å²) in [5.74, 6) is -0.376. The van der Waals surface area contributed by atoms with E-state index in [1.807, 2.05) is 35.3 Å². The molecule has 0 saturated carbocycles. The van der Waals surface area contributed by atoms with E-state index in [4.69, 9.17) is 5.73 Å². The molecule has 5 heteroatoms. The number of hydrogen-bond donors (Lipinski definition) is 2. The van der Waals surface area contributed by atoms with Crippen molar-refractivity contribution in [1.29, 1.82) is 0 Å². The van der Waals surface area contributed by atoms with Crippen molar-refractivity contribution in [2.24, 2.45) is 5.73 Å². The molecule has 4 nitrogen and oxygen atoms in total. The monoisotopic (exact) mass is 221 g/mol. The molecule has 0 atom stereocenters. The van der Waals surface area contributed by atoms with E-state index < -0.39 is 0 Å².